The predicted molar refractivity (Wildman–Crippen MR) is 134 cm³/mol. The number of anilines is 4. The molecule has 5 rings (SSSR count). The maximum atomic E-state index is 6.15. The number of benzene rings is 2. The highest BCUT2D eigenvalue weighted by atomic mass is 16.5. The van der Waals surface area contributed by atoms with Gasteiger partial charge in [0.15, 0.2) is 0 Å². The molecule has 8 nitrogen and oxygen atoms in total. The number of nitrogens with zero attached hydrogens (tertiary/aromatic N) is 4. The highest BCUT2D eigenvalue weighted by Crippen LogP contribution is 2.34. The highest BCUT2D eigenvalue weighted by molar-refractivity contribution is 5.95. The van der Waals surface area contributed by atoms with Crippen molar-refractivity contribution in [1.29, 1.82) is 0 Å². The lowest BCUT2D eigenvalue weighted by atomic mass is 10.1. The lowest BCUT2D eigenvalue weighted by molar-refractivity contribution is 0.415. The van der Waals surface area contributed by atoms with Crippen LogP contribution in [0, 0.1) is 0 Å². The fourth-order valence-corrected chi connectivity index (χ4v) is 4.59. The van der Waals surface area contributed by atoms with Crippen molar-refractivity contribution >= 4 is 44.8 Å². The van der Waals surface area contributed by atoms with Crippen molar-refractivity contribution in [2.45, 2.75) is 6.42 Å². The molecule has 1 aliphatic rings. The molecule has 4 N–H and O–H groups in total. The van der Waals surface area contributed by atoms with E-state index in [9.17, 15) is 0 Å². The summed E-state index contributed by atoms with van der Waals surface area (Å²) in [4.78, 5) is 13.8. The zero-order valence-electron chi connectivity index (χ0n) is 18.9. The summed E-state index contributed by atoms with van der Waals surface area (Å²) in [5.41, 5.74) is 16.2. The number of methoxy groups -OCH3 is 2. The minimum atomic E-state index is 0.517. The number of aromatic nitrogens is 2. The molecule has 4 aromatic rings. The average molecular weight is 445 g/mol. The molecule has 170 valence electrons. The molecule has 1 saturated heterocycles. The third kappa shape index (κ3) is 4.00. The summed E-state index contributed by atoms with van der Waals surface area (Å²) < 4.78 is 10.9. The van der Waals surface area contributed by atoms with Gasteiger partial charge in [0, 0.05) is 49.1 Å². The summed E-state index contributed by atoms with van der Waals surface area (Å²) in [5, 5.41) is 2.08. The standard InChI is InChI=1S/C25H28N6O2/c1-32-16-4-6-20-18(12-16)22(14-24(26)28-20)30-8-3-9-31(11-10-30)23-15-25(27)29-21-7-5-17(33-2)13-19(21)23/h4-7,12-15H,3,8-11H2,1-2H3,(H2,26,28)(H2,27,29). The maximum Gasteiger partial charge on any atom is 0.126 e. The van der Waals surface area contributed by atoms with Crippen LogP contribution >= 0.6 is 0 Å². The van der Waals surface area contributed by atoms with Crippen LogP contribution in [0.15, 0.2) is 48.5 Å². The Kier molecular flexibility index (Phi) is 5.42. The molecule has 0 spiro atoms. The summed E-state index contributed by atoms with van der Waals surface area (Å²) >= 11 is 0. The molecule has 3 heterocycles. The Morgan fingerprint density at radius 2 is 1.12 bits per heavy atom. The van der Waals surface area contributed by atoms with E-state index in [1.54, 1.807) is 14.2 Å². The minimum Gasteiger partial charge on any atom is -0.497 e. The molecule has 0 aliphatic carbocycles. The number of hydrogen-bond acceptors (Lipinski definition) is 8. The lowest BCUT2D eigenvalue weighted by Gasteiger charge is -2.27. The molecule has 2 aromatic carbocycles. The van der Waals surface area contributed by atoms with Gasteiger partial charge < -0.3 is 30.7 Å². The molecule has 2 aromatic heterocycles. The number of fused-ring (bicyclic) bond motifs is 2. The van der Waals surface area contributed by atoms with Gasteiger partial charge in [-0.2, -0.15) is 0 Å². The molecule has 0 unspecified atom stereocenters. The Labute approximate surface area is 192 Å². The topological polar surface area (TPSA) is 103 Å². The zero-order chi connectivity index (χ0) is 22.9. The molecule has 0 bridgehead atoms. The largest absolute Gasteiger partial charge is 0.497 e. The first-order chi connectivity index (χ1) is 16.1. The normalized spacial score (nSPS) is 14.5. The summed E-state index contributed by atoms with van der Waals surface area (Å²) in [7, 11) is 3.35. The summed E-state index contributed by atoms with van der Waals surface area (Å²) in [6.45, 7) is 3.50. The average Bonchev–Trinajstić information content (AvgIpc) is 3.08. The molecular weight excluding hydrogens is 416 g/mol. The number of ether oxygens (including phenoxy) is 2. The van der Waals surface area contributed by atoms with Gasteiger partial charge in [0.05, 0.1) is 36.6 Å². The maximum absolute atomic E-state index is 6.15. The fourth-order valence-electron chi connectivity index (χ4n) is 4.59. The molecule has 8 heteroatoms. The minimum absolute atomic E-state index is 0.517. The Morgan fingerprint density at radius 1 is 0.667 bits per heavy atom. The summed E-state index contributed by atoms with van der Waals surface area (Å²) in [5.74, 6) is 2.64. The van der Waals surface area contributed by atoms with Crippen molar-refractivity contribution in [1.82, 2.24) is 9.97 Å². The molecular formula is C25H28N6O2. The Hall–Kier alpha value is -3.94. The predicted octanol–water partition coefficient (Wildman–Crippen LogP) is 3.68. The monoisotopic (exact) mass is 444 g/mol. The van der Waals surface area contributed by atoms with Gasteiger partial charge >= 0.3 is 0 Å². The van der Waals surface area contributed by atoms with Crippen LogP contribution < -0.4 is 30.7 Å². The van der Waals surface area contributed by atoms with Crippen LogP contribution in [-0.2, 0) is 0 Å². The fraction of sp³-hybridized carbons (Fsp3) is 0.280. The van der Waals surface area contributed by atoms with E-state index in [2.05, 4.69) is 19.8 Å². The molecule has 0 atom stereocenters. The SMILES string of the molecule is COc1ccc2nc(N)cc(N3CCCN(c4cc(N)nc5ccc(OC)cc45)CC3)c2c1. The van der Waals surface area contributed by atoms with Gasteiger partial charge in [-0.3, -0.25) is 0 Å². The van der Waals surface area contributed by atoms with Crippen molar-refractivity contribution in [3.63, 3.8) is 0 Å². The van der Waals surface area contributed by atoms with E-state index in [0.29, 0.717) is 11.6 Å². The van der Waals surface area contributed by atoms with Gasteiger partial charge in [0.25, 0.3) is 0 Å². The van der Waals surface area contributed by atoms with Crippen LogP contribution in [0.25, 0.3) is 21.8 Å². The van der Waals surface area contributed by atoms with Crippen LogP contribution in [0.1, 0.15) is 6.42 Å². The smallest absolute Gasteiger partial charge is 0.126 e. The number of pyridine rings is 2. The molecule has 0 saturated carbocycles. The third-order valence-corrected chi connectivity index (χ3v) is 6.20. The zero-order valence-corrected chi connectivity index (χ0v) is 18.9. The van der Waals surface area contributed by atoms with Crippen LogP contribution in [-0.4, -0.2) is 50.4 Å². The van der Waals surface area contributed by atoms with Gasteiger partial charge in [-0.25, -0.2) is 9.97 Å². The van der Waals surface area contributed by atoms with E-state index in [1.807, 2.05) is 48.5 Å². The number of hydrogen-bond donors (Lipinski definition) is 2. The van der Waals surface area contributed by atoms with Gasteiger partial charge in [-0.1, -0.05) is 0 Å². The van der Waals surface area contributed by atoms with E-state index in [4.69, 9.17) is 20.9 Å². The Bertz CT molecular complexity index is 1220. The molecule has 0 radical (unpaired) electrons. The van der Waals surface area contributed by atoms with Gasteiger partial charge in [0.1, 0.15) is 23.1 Å². The van der Waals surface area contributed by atoms with Crippen molar-refractivity contribution in [2.24, 2.45) is 0 Å². The first kappa shape index (κ1) is 20.9. The van der Waals surface area contributed by atoms with E-state index >= 15 is 0 Å². The Balaban J connectivity index is 1.49. The molecule has 1 aliphatic heterocycles. The van der Waals surface area contributed by atoms with E-state index in [-0.39, 0.29) is 0 Å². The quantitative estimate of drug-likeness (QED) is 0.491. The van der Waals surface area contributed by atoms with Crippen molar-refractivity contribution < 1.29 is 9.47 Å². The number of nitrogen functional groups attached to an aromatic ring is 2. The third-order valence-electron chi connectivity index (χ3n) is 6.20. The van der Waals surface area contributed by atoms with Crippen LogP contribution in [0.5, 0.6) is 11.5 Å². The van der Waals surface area contributed by atoms with Gasteiger partial charge in [-0.05, 0) is 42.8 Å². The highest BCUT2D eigenvalue weighted by Gasteiger charge is 2.20. The van der Waals surface area contributed by atoms with Crippen LogP contribution in [0.4, 0.5) is 23.0 Å². The molecule has 33 heavy (non-hydrogen) atoms. The van der Waals surface area contributed by atoms with Crippen LogP contribution in [0.3, 0.4) is 0 Å². The van der Waals surface area contributed by atoms with E-state index < -0.39 is 0 Å². The van der Waals surface area contributed by atoms with Gasteiger partial charge in [0.2, 0.25) is 0 Å². The lowest BCUT2D eigenvalue weighted by Crippen LogP contribution is -2.31. The second-order valence-electron chi connectivity index (χ2n) is 8.23. The van der Waals surface area contributed by atoms with Crippen molar-refractivity contribution in [3.8, 4) is 11.5 Å². The Morgan fingerprint density at radius 3 is 1.55 bits per heavy atom. The number of nitrogens with two attached hydrogens (primary N) is 2. The number of rotatable bonds is 4. The molecule has 1 fully saturated rings. The van der Waals surface area contributed by atoms with Crippen molar-refractivity contribution in [3.05, 3.63) is 48.5 Å². The van der Waals surface area contributed by atoms with Crippen molar-refractivity contribution in [2.75, 3.05) is 61.7 Å². The summed E-state index contributed by atoms with van der Waals surface area (Å²) in [6.07, 6.45) is 0.987. The van der Waals surface area contributed by atoms with E-state index in [0.717, 1.165) is 77.3 Å². The first-order valence-corrected chi connectivity index (χ1v) is 11.0. The van der Waals surface area contributed by atoms with E-state index in [1.165, 1.54) is 0 Å². The second kappa shape index (κ2) is 8.54. The summed E-state index contributed by atoms with van der Waals surface area (Å²) in [6, 6.07) is 15.7. The van der Waals surface area contributed by atoms with Crippen LogP contribution in [0.2, 0.25) is 0 Å². The second-order valence-corrected chi connectivity index (χ2v) is 8.23. The van der Waals surface area contributed by atoms with Gasteiger partial charge in [-0.15, -0.1) is 0 Å². The first-order valence-electron chi connectivity index (χ1n) is 11.0. The molecule has 0 amide bonds.